The van der Waals surface area contributed by atoms with Crippen LogP contribution in [0.2, 0.25) is 0 Å². The van der Waals surface area contributed by atoms with E-state index < -0.39 is 15.7 Å². The van der Waals surface area contributed by atoms with Crippen LogP contribution in [0.1, 0.15) is 5.56 Å². The van der Waals surface area contributed by atoms with Crippen LogP contribution in [0.4, 0.5) is 10.1 Å². The fraction of sp³-hybridized carbons (Fsp3) is 0.111. The highest BCUT2D eigenvalue weighted by Gasteiger charge is 2.17. The third-order valence-corrected chi connectivity index (χ3v) is 7.22. The molecular formula is C27H22FN7O2S. The average Bonchev–Trinajstić information content (AvgIpc) is 3.50. The molecule has 4 heterocycles. The van der Waals surface area contributed by atoms with E-state index in [1.165, 1.54) is 18.4 Å². The number of hydrogen-bond acceptors (Lipinski definition) is 7. The molecule has 0 aliphatic carbocycles. The van der Waals surface area contributed by atoms with Gasteiger partial charge in [-0.1, -0.05) is 18.2 Å². The molecule has 0 spiro atoms. The number of anilines is 1. The van der Waals surface area contributed by atoms with Gasteiger partial charge in [0.15, 0.2) is 5.82 Å². The van der Waals surface area contributed by atoms with E-state index in [0.717, 1.165) is 27.5 Å². The van der Waals surface area contributed by atoms with Crippen molar-refractivity contribution in [2.75, 3.05) is 17.7 Å². The maximum atomic E-state index is 14.5. The number of nitrogens with one attached hydrogen (secondary N) is 2. The molecule has 0 bridgehead atoms. The Morgan fingerprint density at radius 2 is 1.87 bits per heavy atom. The number of nitrogen functional groups attached to an aromatic ring is 1. The molecule has 0 aliphatic rings. The van der Waals surface area contributed by atoms with Crippen LogP contribution in [0.5, 0.6) is 0 Å². The molecule has 0 radical (unpaired) electrons. The van der Waals surface area contributed by atoms with Crippen LogP contribution in [0, 0.1) is 5.82 Å². The fourth-order valence-corrected chi connectivity index (χ4v) is 5.09. The van der Waals surface area contributed by atoms with Gasteiger partial charge in [-0.25, -0.2) is 17.8 Å². The Labute approximate surface area is 216 Å². The first kappa shape index (κ1) is 23.7. The van der Waals surface area contributed by atoms with E-state index in [2.05, 4.69) is 25.1 Å². The summed E-state index contributed by atoms with van der Waals surface area (Å²) in [6.45, 7) is 0. The second-order valence-electron chi connectivity index (χ2n) is 9.21. The molecule has 0 amide bonds. The SMILES string of the molecule is CS(=O)(=O)CCc1cc(F)cc(-c2cccc3[nH]c(-c4n[nH]c5cnc(-c6cncc(N)c6)cc45)nc23)c1. The minimum Gasteiger partial charge on any atom is -0.397 e. The zero-order valence-corrected chi connectivity index (χ0v) is 21.1. The summed E-state index contributed by atoms with van der Waals surface area (Å²) in [5.74, 6) is 0.0461. The maximum absolute atomic E-state index is 14.5. The van der Waals surface area contributed by atoms with Gasteiger partial charge in [0, 0.05) is 35.2 Å². The number of aromatic amines is 2. The topological polar surface area (TPSA) is 143 Å². The molecule has 38 heavy (non-hydrogen) atoms. The molecule has 0 atom stereocenters. The monoisotopic (exact) mass is 527 g/mol. The summed E-state index contributed by atoms with van der Waals surface area (Å²) in [5, 5.41) is 8.28. The lowest BCUT2D eigenvalue weighted by atomic mass is 10.0. The molecule has 0 aliphatic heterocycles. The van der Waals surface area contributed by atoms with Crippen LogP contribution in [0.25, 0.3) is 55.8 Å². The Morgan fingerprint density at radius 1 is 1.00 bits per heavy atom. The van der Waals surface area contributed by atoms with Gasteiger partial charge in [-0.15, -0.1) is 0 Å². The fourth-order valence-electron chi connectivity index (χ4n) is 4.48. The molecule has 2 aromatic carbocycles. The number of para-hydroxylation sites is 1. The van der Waals surface area contributed by atoms with Crippen LogP contribution in [-0.4, -0.2) is 50.6 Å². The van der Waals surface area contributed by atoms with Crippen molar-refractivity contribution in [3.05, 3.63) is 78.5 Å². The Balaban J connectivity index is 1.43. The highest BCUT2D eigenvalue weighted by molar-refractivity contribution is 7.90. The predicted molar refractivity (Wildman–Crippen MR) is 145 cm³/mol. The van der Waals surface area contributed by atoms with Gasteiger partial charge >= 0.3 is 0 Å². The number of H-pyrrole nitrogens is 2. The number of benzene rings is 2. The molecular weight excluding hydrogens is 505 g/mol. The van der Waals surface area contributed by atoms with Crippen molar-refractivity contribution in [2.45, 2.75) is 6.42 Å². The highest BCUT2D eigenvalue weighted by atomic mass is 32.2. The van der Waals surface area contributed by atoms with E-state index in [-0.39, 0.29) is 12.2 Å². The molecule has 9 nitrogen and oxygen atoms in total. The zero-order chi connectivity index (χ0) is 26.4. The minimum absolute atomic E-state index is 0.0542. The summed E-state index contributed by atoms with van der Waals surface area (Å²) in [7, 11) is -3.17. The standard InChI is InChI=1S/C27H22FN7O2S/c1-38(36,37)6-5-15-7-16(9-18(28)8-15)20-3-2-4-22-25(20)33-27(32-22)26-21-11-23(31-14-24(21)34-35-26)17-10-19(29)13-30-12-17/h2-4,7-14H,5-6,29H2,1H3,(H,32,33)(H,34,35). The second kappa shape index (κ2) is 9.03. The molecule has 6 aromatic rings. The molecule has 0 saturated carbocycles. The lowest BCUT2D eigenvalue weighted by Crippen LogP contribution is -2.06. The average molecular weight is 528 g/mol. The number of halogens is 1. The lowest BCUT2D eigenvalue weighted by molar-refractivity contribution is 0.600. The van der Waals surface area contributed by atoms with Gasteiger partial charge in [-0.3, -0.25) is 15.1 Å². The molecule has 0 saturated heterocycles. The first-order valence-corrected chi connectivity index (χ1v) is 13.8. The van der Waals surface area contributed by atoms with Crippen LogP contribution in [-0.2, 0) is 16.3 Å². The zero-order valence-electron chi connectivity index (χ0n) is 20.2. The van der Waals surface area contributed by atoms with Crippen molar-refractivity contribution < 1.29 is 12.8 Å². The van der Waals surface area contributed by atoms with Gasteiger partial charge in [0.1, 0.15) is 21.3 Å². The molecule has 0 fully saturated rings. The van der Waals surface area contributed by atoms with Crippen molar-refractivity contribution in [3.63, 3.8) is 0 Å². The van der Waals surface area contributed by atoms with Crippen molar-refractivity contribution in [2.24, 2.45) is 0 Å². The van der Waals surface area contributed by atoms with Gasteiger partial charge in [0.2, 0.25) is 0 Å². The molecule has 4 N–H and O–H groups in total. The normalized spacial score (nSPS) is 11.9. The number of sulfone groups is 1. The van der Waals surface area contributed by atoms with Gasteiger partial charge in [0.05, 0.1) is 39.9 Å². The summed E-state index contributed by atoms with van der Waals surface area (Å²) >= 11 is 0. The highest BCUT2D eigenvalue weighted by Crippen LogP contribution is 2.33. The van der Waals surface area contributed by atoms with Crippen LogP contribution in [0.15, 0.2) is 67.1 Å². The minimum atomic E-state index is -3.17. The van der Waals surface area contributed by atoms with Gasteiger partial charge < -0.3 is 10.7 Å². The van der Waals surface area contributed by atoms with Crippen LogP contribution >= 0.6 is 0 Å². The van der Waals surface area contributed by atoms with Crippen molar-refractivity contribution >= 4 is 37.5 Å². The number of fused-ring (bicyclic) bond motifs is 2. The van der Waals surface area contributed by atoms with Crippen molar-refractivity contribution in [1.29, 1.82) is 0 Å². The predicted octanol–water partition coefficient (Wildman–Crippen LogP) is 4.54. The van der Waals surface area contributed by atoms with E-state index >= 15 is 0 Å². The first-order chi connectivity index (χ1) is 18.2. The second-order valence-corrected chi connectivity index (χ2v) is 11.5. The Kier molecular flexibility index (Phi) is 5.64. The van der Waals surface area contributed by atoms with E-state index in [1.54, 1.807) is 30.7 Å². The number of pyridine rings is 2. The van der Waals surface area contributed by atoms with Gasteiger partial charge in [-0.05, 0) is 47.9 Å². The van der Waals surface area contributed by atoms with Crippen LogP contribution in [0.3, 0.4) is 0 Å². The summed E-state index contributed by atoms with van der Waals surface area (Å²) in [6.07, 6.45) is 6.36. The smallest absolute Gasteiger partial charge is 0.159 e. The quantitative estimate of drug-likeness (QED) is 0.288. The third-order valence-electron chi connectivity index (χ3n) is 6.27. The molecule has 190 valence electrons. The van der Waals surface area contributed by atoms with Crippen molar-refractivity contribution in [3.8, 4) is 33.9 Å². The lowest BCUT2D eigenvalue weighted by Gasteiger charge is -2.07. The van der Waals surface area contributed by atoms with Crippen molar-refractivity contribution in [1.82, 2.24) is 30.1 Å². The number of hydrogen-bond donors (Lipinski definition) is 3. The molecule has 4 aromatic heterocycles. The Bertz CT molecular complexity index is 1950. The number of aromatic nitrogens is 6. The summed E-state index contributed by atoms with van der Waals surface area (Å²) in [4.78, 5) is 16.8. The number of imidazole rings is 1. The van der Waals surface area contributed by atoms with E-state index in [4.69, 9.17) is 10.7 Å². The number of rotatable bonds is 6. The molecule has 11 heteroatoms. The van der Waals surface area contributed by atoms with E-state index in [9.17, 15) is 12.8 Å². The Hall–Kier alpha value is -4.64. The van der Waals surface area contributed by atoms with E-state index in [0.29, 0.717) is 39.5 Å². The summed E-state index contributed by atoms with van der Waals surface area (Å²) in [6, 6.07) is 13.9. The summed E-state index contributed by atoms with van der Waals surface area (Å²) < 4.78 is 37.8. The number of nitrogens with zero attached hydrogens (tertiary/aromatic N) is 4. The van der Waals surface area contributed by atoms with Gasteiger partial charge in [-0.2, -0.15) is 5.10 Å². The van der Waals surface area contributed by atoms with Gasteiger partial charge in [0.25, 0.3) is 0 Å². The third kappa shape index (κ3) is 4.59. The number of aryl methyl sites for hydroxylation is 1. The number of nitrogens with two attached hydrogens (primary N) is 1. The molecule has 0 unspecified atom stereocenters. The summed E-state index contributed by atoms with van der Waals surface area (Å²) in [5.41, 5.74) is 12.6. The first-order valence-electron chi connectivity index (χ1n) is 11.8. The van der Waals surface area contributed by atoms with E-state index in [1.807, 2.05) is 24.3 Å². The van der Waals surface area contributed by atoms with Crippen LogP contribution < -0.4 is 5.73 Å². The Morgan fingerprint density at radius 3 is 2.68 bits per heavy atom. The largest absolute Gasteiger partial charge is 0.397 e. The maximum Gasteiger partial charge on any atom is 0.159 e. The molecule has 6 rings (SSSR count).